The second kappa shape index (κ2) is 11.2. The van der Waals surface area contributed by atoms with Crippen LogP contribution in [0.2, 0.25) is 10.0 Å². The van der Waals surface area contributed by atoms with Crippen molar-refractivity contribution < 1.29 is 13.2 Å². The number of rotatable bonds is 10. The van der Waals surface area contributed by atoms with Crippen molar-refractivity contribution >= 4 is 33.2 Å². The maximum absolute atomic E-state index is 12.5. The molecule has 2 unspecified atom stereocenters. The summed E-state index contributed by atoms with van der Waals surface area (Å²) in [4.78, 5) is 2.67. The standard InChI is InChI=1S/C28H36Cl2N2O3S/c1-31(36(33,34)19-20-4-5-20)14-15-35-23-9-7-22-8-11-28(32-12-2-3-13-32)25(24(22)18-23)16-21-6-10-26(29)27(30)17-21/h6-7,9-10,17-18,20,25,28H,2-5,8,11-16,19H2,1H3. The molecule has 0 spiro atoms. The molecule has 0 bridgehead atoms. The summed E-state index contributed by atoms with van der Waals surface area (Å²) in [5.74, 6) is 1.75. The Morgan fingerprint density at radius 3 is 2.53 bits per heavy atom. The SMILES string of the molecule is CN(CCOc1ccc2c(c1)C(Cc1ccc(Cl)c(Cl)c1)C(N1CCCC1)CC2)S(=O)(=O)CC1CC1. The molecule has 36 heavy (non-hydrogen) atoms. The molecule has 5 rings (SSSR count). The highest BCUT2D eigenvalue weighted by Crippen LogP contribution is 2.40. The van der Waals surface area contributed by atoms with Gasteiger partial charge in [0.2, 0.25) is 10.0 Å². The second-order valence-electron chi connectivity index (χ2n) is 10.7. The van der Waals surface area contributed by atoms with Crippen LogP contribution in [0.15, 0.2) is 36.4 Å². The molecule has 3 aliphatic rings. The molecule has 1 aliphatic heterocycles. The number of ether oxygens (including phenoxy) is 1. The molecular formula is C28H36Cl2N2O3S. The first-order chi connectivity index (χ1) is 17.3. The molecule has 0 aromatic heterocycles. The minimum atomic E-state index is -3.20. The summed E-state index contributed by atoms with van der Waals surface area (Å²) < 4.78 is 32.5. The van der Waals surface area contributed by atoms with Crippen molar-refractivity contribution in [2.45, 2.75) is 56.9 Å². The van der Waals surface area contributed by atoms with Crippen LogP contribution in [0, 0.1) is 5.92 Å². The third-order valence-electron chi connectivity index (χ3n) is 8.03. The lowest BCUT2D eigenvalue weighted by molar-refractivity contribution is 0.188. The van der Waals surface area contributed by atoms with E-state index < -0.39 is 10.0 Å². The summed E-state index contributed by atoms with van der Waals surface area (Å²) in [6.07, 6.45) is 7.71. The number of aryl methyl sites for hydroxylation is 1. The Morgan fingerprint density at radius 2 is 1.81 bits per heavy atom. The Hall–Kier alpha value is -1.31. The first-order valence-electron chi connectivity index (χ1n) is 13.2. The van der Waals surface area contributed by atoms with E-state index in [0.717, 1.165) is 50.9 Å². The maximum Gasteiger partial charge on any atom is 0.214 e. The molecule has 2 atom stereocenters. The van der Waals surface area contributed by atoms with Crippen molar-refractivity contribution in [2.24, 2.45) is 5.92 Å². The van der Waals surface area contributed by atoms with E-state index in [0.29, 0.717) is 41.1 Å². The van der Waals surface area contributed by atoms with Gasteiger partial charge in [-0.05, 0) is 105 Å². The molecule has 2 aliphatic carbocycles. The Kier molecular flexibility index (Phi) is 8.19. The third-order valence-corrected chi connectivity index (χ3v) is 10.8. The quantitative estimate of drug-likeness (QED) is 0.376. The number of likely N-dealkylation sites (tertiary alicyclic amines) is 1. The van der Waals surface area contributed by atoms with Crippen LogP contribution in [0.25, 0.3) is 0 Å². The van der Waals surface area contributed by atoms with Crippen molar-refractivity contribution in [1.29, 1.82) is 0 Å². The van der Waals surface area contributed by atoms with Gasteiger partial charge >= 0.3 is 0 Å². The lowest BCUT2D eigenvalue weighted by Gasteiger charge is -2.39. The predicted molar refractivity (Wildman–Crippen MR) is 147 cm³/mol. The van der Waals surface area contributed by atoms with E-state index in [-0.39, 0.29) is 5.75 Å². The van der Waals surface area contributed by atoms with Gasteiger partial charge in [-0.2, -0.15) is 0 Å². The largest absolute Gasteiger partial charge is 0.492 e. The number of hydrogen-bond acceptors (Lipinski definition) is 4. The topological polar surface area (TPSA) is 49.9 Å². The van der Waals surface area contributed by atoms with Gasteiger partial charge in [-0.15, -0.1) is 0 Å². The summed E-state index contributed by atoms with van der Waals surface area (Å²) in [6, 6.07) is 12.9. The van der Waals surface area contributed by atoms with E-state index in [1.165, 1.54) is 33.8 Å². The number of fused-ring (bicyclic) bond motifs is 1. The van der Waals surface area contributed by atoms with E-state index in [1.807, 2.05) is 18.2 Å². The molecule has 1 heterocycles. The summed E-state index contributed by atoms with van der Waals surface area (Å²) in [5.41, 5.74) is 3.92. The first-order valence-corrected chi connectivity index (χ1v) is 15.5. The highest BCUT2D eigenvalue weighted by atomic mass is 35.5. The average Bonchev–Trinajstić information content (AvgIpc) is 3.48. The van der Waals surface area contributed by atoms with Gasteiger partial charge in [0.25, 0.3) is 0 Å². The lowest BCUT2D eigenvalue weighted by atomic mass is 9.75. The summed E-state index contributed by atoms with van der Waals surface area (Å²) in [5, 5.41) is 1.18. The van der Waals surface area contributed by atoms with E-state index in [9.17, 15) is 8.42 Å². The lowest BCUT2D eigenvalue weighted by Crippen LogP contribution is -2.41. The zero-order chi connectivity index (χ0) is 25.3. The monoisotopic (exact) mass is 550 g/mol. The number of benzene rings is 2. The molecule has 196 valence electrons. The van der Waals surface area contributed by atoms with Crippen molar-refractivity contribution in [3.63, 3.8) is 0 Å². The van der Waals surface area contributed by atoms with Crippen molar-refractivity contribution in [2.75, 3.05) is 39.0 Å². The highest BCUT2D eigenvalue weighted by Gasteiger charge is 2.35. The van der Waals surface area contributed by atoms with Crippen molar-refractivity contribution in [3.05, 3.63) is 63.1 Å². The van der Waals surface area contributed by atoms with Crippen LogP contribution in [-0.2, 0) is 22.9 Å². The Morgan fingerprint density at radius 1 is 1.03 bits per heavy atom. The highest BCUT2D eigenvalue weighted by molar-refractivity contribution is 7.89. The van der Waals surface area contributed by atoms with E-state index in [1.54, 1.807) is 7.05 Å². The summed E-state index contributed by atoms with van der Waals surface area (Å²) in [6.45, 7) is 3.02. The third kappa shape index (κ3) is 6.21. The fourth-order valence-corrected chi connectivity index (χ4v) is 7.62. The van der Waals surface area contributed by atoms with E-state index in [4.69, 9.17) is 27.9 Å². The minimum Gasteiger partial charge on any atom is -0.492 e. The minimum absolute atomic E-state index is 0.261. The van der Waals surface area contributed by atoms with Crippen LogP contribution >= 0.6 is 23.2 Å². The van der Waals surface area contributed by atoms with Gasteiger partial charge in [0, 0.05) is 25.6 Å². The van der Waals surface area contributed by atoms with Crippen LogP contribution < -0.4 is 4.74 Å². The van der Waals surface area contributed by atoms with Crippen LogP contribution in [-0.4, -0.2) is 62.7 Å². The van der Waals surface area contributed by atoms with Gasteiger partial charge in [0.15, 0.2) is 0 Å². The Labute approximate surface area is 225 Å². The average molecular weight is 552 g/mol. The van der Waals surface area contributed by atoms with Gasteiger partial charge in [-0.1, -0.05) is 35.3 Å². The van der Waals surface area contributed by atoms with E-state index in [2.05, 4.69) is 23.1 Å². The molecule has 2 fully saturated rings. The molecule has 2 aromatic rings. The van der Waals surface area contributed by atoms with Gasteiger partial charge in [-0.3, -0.25) is 4.90 Å². The first kappa shape index (κ1) is 26.3. The van der Waals surface area contributed by atoms with Crippen molar-refractivity contribution in [1.82, 2.24) is 9.21 Å². The van der Waals surface area contributed by atoms with Gasteiger partial charge < -0.3 is 4.74 Å². The maximum atomic E-state index is 12.5. The van der Waals surface area contributed by atoms with Gasteiger partial charge in [0.05, 0.1) is 15.8 Å². The van der Waals surface area contributed by atoms with Crippen molar-refractivity contribution in [3.8, 4) is 5.75 Å². The van der Waals surface area contributed by atoms with Crippen LogP contribution in [0.3, 0.4) is 0 Å². The molecular weight excluding hydrogens is 515 g/mol. The summed E-state index contributed by atoms with van der Waals surface area (Å²) >= 11 is 12.5. The molecule has 1 saturated heterocycles. The molecule has 5 nitrogen and oxygen atoms in total. The Balaban J connectivity index is 1.32. The number of halogens is 2. The number of sulfonamides is 1. The molecule has 1 saturated carbocycles. The fourth-order valence-electron chi connectivity index (χ4n) is 5.77. The van der Waals surface area contributed by atoms with Gasteiger partial charge in [0.1, 0.15) is 12.4 Å². The molecule has 0 amide bonds. The van der Waals surface area contributed by atoms with Gasteiger partial charge in [-0.25, -0.2) is 12.7 Å². The molecule has 2 aromatic carbocycles. The summed E-state index contributed by atoms with van der Waals surface area (Å²) in [7, 11) is -1.55. The smallest absolute Gasteiger partial charge is 0.214 e. The normalized spacial score (nSPS) is 22.7. The molecule has 0 radical (unpaired) electrons. The zero-order valence-electron chi connectivity index (χ0n) is 21.0. The zero-order valence-corrected chi connectivity index (χ0v) is 23.3. The van der Waals surface area contributed by atoms with Crippen LogP contribution in [0.5, 0.6) is 5.75 Å². The van der Waals surface area contributed by atoms with Crippen LogP contribution in [0.4, 0.5) is 0 Å². The number of hydrogen-bond donors (Lipinski definition) is 0. The Bertz CT molecular complexity index is 1180. The van der Waals surface area contributed by atoms with E-state index >= 15 is 0 Å². The molecule has 8 heteroatoms. The molecule has 0 N–H and O–H groups in total. The fraction of sp³-hybridized carbons (Fsp3) is 0.571. The second-order valence-corrected chi connectivity index (χ2v) is 13.6. The predicted octanol–water partition coefficient (Wildman–Crippen LogP) is 5.78. The number of nitrogens with zero attached hydrogens (tertiary/aromatic N) is 2. The van der Waals surface area contributed by atoms with Crippen LogP contribution in [0.1, 0.15) is 54.7 Å². The number of likely N-dealkylation sites (N-methyl/N-ethyl adjacent to an activating group) is 1.